The molecule has 4 nitrogen and oxygen atoms in total. The van der Waals surface area contributed by atoms with Gasteiger partial charge in [-0.05, 0) is 15.9 Å². The Hall–Kier alpha value is -0.550. The summed E-state index contributed by atoms with van der Waals surface area (Å²) in [4.78, 5) is 12.4. The molecule has 0 radical (unpaired) electrons. The maximum Gasteiger partial charge on any atom is 0.323 e. The summed E-state index contributed by atoms with van der Waals surface area (Å²) in [5.41, 5.74) is 0. The highest BCUT2D eigenvalue weighted by Crippen LogP contribution is 2.16. The van der Waals surface area contributed by atoms with Crippen LogP contribution in [-0.4, -0.2) is 31.3 Å². The molecule has 0 aromatic heterocycles. The molecule has 0 spiro atoms. The summed E-state index contributed by atoms with van der Waals surface area (Å²) >= 11 is 3.26. The van der Waals surface area contributed by atoms with Gasteiger partial charge in [-0.1, -0.05) is 0 Å². The predicted molar refractivity (Wildman–Crippen MR) is 44.1 cm³/mol. The van der Waals surface area contributed by atoms with Crippen molar-refractivity contribution in [2.45, 2.75) is 6.23 Å². The van der Waals surface area contributed by atoms with Crippen LogP contribution in [0.5, 0.6) is 0 Å². The van der Waals surface area contributed by atoms with Crippen molar-refractivity contribution in [3.63, 3.8) is 0 Å². The lowest BCUT2D eigenvalue weighted by molar-refractivity contribution is 0.103. The van der Waals surface area contributed by atoms with Crippen LogP contribution in [0, 0.1) is 0 Å². The monoisotopic (exact) mass is 220 g/mol. The van der Waals surface area contributed by atoms with Gasteiger partial charge >= 0.3 is 6.03 Å². The van der Waals surface area contributed by atoms with Crippen LogP contribution in [-0.2, 0) is 4.74 Å². The molecule has 2 amide bonds. The fourth-order valence-electron chi connectivity index (χ4n) is 0.766. The van der Waals surface area contributed by atoms with Gasteiger partial charge < -0.3 is 15.0 Å². The van der Waals surface area contributed by atoms with Crippen LogP contribution in [0.2, 0.25) is 0 Å². The maximum atomic E-state index is 11.0. The van der Waals surface area contributed by atoms with Crippen molar-refractivity contribution in [3.05, 3.63) is 10.7 Å². The van der Waals surface area contributed by atoms with Crippen molar-refractivity contribution in [2.24, 2.45) is 0 Å². The van der Waals surface area contributed by atoms with E-state index in [4.69, 9.17) is 4.74 Å². The molecule has 0 aliphatic carbocycles. The highest BCUT2D eigenvalue weighted by Gasteiger charge is 2.21. The zero-order chi connectivity index (χ0) is 8.43. The normalized spacial score (nSPS) is 24.6. The summed E-state index contributed by atoms with van der Waals surface area (Å²) in [6, 6.07) is -0.167. The van der Waals surface area contributed by atoms with Crippen molar-refractivity contribution in [2.75, 3.05) is 14.2 Å². The Morgan fingerprint density at radius 2 is 2.45 bits per heavy atom. The number of urea groups is 1. The van der Waals surface area contributed by atoms with E-state index in [-0.39, 0.29) is 12.3 Å². The largest absolute Gasteiger partial charge is 0.357 e. The molecule has 1 heterocycles. The molecule has 62 valence electrons. The zero-order valence-corrected chi connectivity index (χ0v) is 7.88. The molecule has 0 saturated heterocycles. The molecule has 11 heavy (non-hydrogen) atoms. The fourth-order valence-corrected chi connectivity index (χ4v) is 1.37. The standard InChI is InChI=1S/C6H9BrN2O2/c1-9-3-4(7)5(11-2)8-6(9)10/h3,5H,1-2H3,(H,8,10). The van der Waals surface area contributed by atoms with Gasteiger partial charge in [0.05, 0.1) is 4.48 Å². The molecule has 0 fully saturated rings. The minimum absolute atomic E-state index is 0.167. The van der Waals surface area contributed by atoms with E-state index in [0.717, 1.165) is 4.48 Å². The van der Waals surface area contributed by atoms with Gasteiger partial charge in [-0.2, -0.15) is 0 Å². The lowest BCUT2D eigenvalue weighted by Crippen LogP contribution is -2.46. The quantitative estimate of drug-likeness (QED) is 0.713. The summed E-state index contributed by atoms with van der Waals surface area (Å²) in [5.74, 6) is 0. The van der Waals surface area contributed by atoms with Gasteiger partial charge in [-0.3, -0.25) is 0 Å². The van der Waals surface area contributed by atoms with E-state index in [1.807, 2.05) is 0 Å². The number of hydrogen-bond donors (Lipinski definition) is 1. The second-order valence-corrected chi connectivity index (χ2v) is 3.11. The average molecular weight is 221 g/mol. The smallest absolute Gasteiger partial charge is 0.323 e. The van der Waals surface area contributed by atoms with Crippen LogP contribution in [0.15, 0.2) is 10.7 Å². The van der Waals surface area contributed by atoms with Crippen LogP contribution in [0.1, 0.15) is 0 Å². The Morgan fingerprint density at radius 3 is 3.00 bits per heavy atom. The van der Waals surface area contributed by atoms with E-state index >= 15 is 0 Å². The first-order valence-electron chi connectivity index (χ1n) is 3.08. The average Bonchev–Trinajstić information content (AvgIpc) is 1.97. The first kappa shape index (κ1) is 8.55. The number of amides is 2. The number of ether oxygens (including phenoxy) is 1. The van der Waals surface area contributed by atoms with E-state index in [1.54, 1.807) is 13.2 Å². The van der Waals surface area contributed by atoms with E-state index in [2.05, 4.69) is 21.2 Å². The molecule has 0 saturated carbocycles. The third-order valence-corrected chi connectivity index (χ3v) is 2.00. The van der Waals surface area contributed by atoms with Crippen LogP contribution >= 0.6 is 15.9 Å². The fraction of sp³-hybridized carbons (Fsp3) is 0.500. The Balaban J connectivity index is 2.76. The molecule has 1 unspecified atom stereocenters. The molecule has 1 rings (SSSR count). The van der Waals surface area contributed by atoms with Gasteiger partial charge in [0.1, 0.15) is 0 Å². The SMILES string of the molecule is COC1NC(=O)N(C)C=C1Br. The summed E-state index contributed by atoms with van der Waals surface area (Å²) in [5, 5.41) is 2.62. The Morgan fingerprint density at radius 1 is 1.82 bits per heavy atom. The summed E-state index contributed by atoms with van der Waals surface area (Å²) < 4.78 is 5.76. The van der Waals surface area contributed by atoms with Gasteiger partial charge in [0.2, 0.25) is 0 Å². The van der Waals surface area contributed by atoms with Crippen molar-refractivity contribution >= 4 is 22.0 Å². The lowest BCUT2D eigenvalue weighted by atomic mass is 10.4. The Bertz CT molecular complexity index is 205. The van der Waals surface area contributed by atoms with Crippen molar-refractivity contribution in [1.29, 1.82) is 0 Å². The van der Waals surface area contributed by atoms with Gasteiger partial charge in [0, 0.05) is 20.4 Å². The van der Waals surface area contributed by atoms with Gasteiger partial charge in [-0.25, -0.2) is 4.79 Å². The summed E-state index contributed by atoms with van der Waals surface area (Å²) in [6.07, 6.45) is 1.33. The van der Waals surface area contributed by atoms with Crippen LogP contribution in [0.25, 0.3) is 0 Å². The molecule has 5 heteroatoms. The number of nitrogens with zero attached hydrogens (tertiary/aromatic N) is 1. The minimum atomic E-state index is -0.348. The Labute approximate surface area is 73.3 Å². The first-order chi connectivity index (χ1) is 5.15. The molecule has 0 aromatic rings. The summed E-state index contributed by atoms with van der Waals surface area (Å²) in [7, 11) is 3.20. The summed E-state index contributed by atoms with van der Waals surface area (Å²) in [6.45, 7) is 0. The number of carbonyl (C=O) groups excluding carboxylic acids is 1. The number of carbonyl (C=O) groups is 1. The highest BCUT2D eigenvalue weighted by molar-refractivity contribution is 9.11. The molecular formula is C6H9BrN2O2. The molecule has 1 N–H and O–H groups in total. The lowest BCUT2D eigenvalue weighted by Gasteiger charge is -2.26. The second kappa shape index (κ2) is 3.23. The third kappa shape index (κ3) is 1.72. The first-order valence-corrected chi connectivity index (χ1v) is 3.88. The van der Waals surface area contributed by atoms with Crippen molar-refractivity contribution in [1.82, 2.24) is 10.2 Å². The van der Waals surface area contributed by atoms with E-state index in [1.165, 1.54) is 12.0 Å². The number of hydrogen-bond acceptors (Lipinski definition) is 2. The zero-order valence-electron chi connectivity index (χ0n) is 6.30. The molecular weight excluding hydrogens is 212 g/mol. The van der Waals surface area contributed by atoms with E-state index in [0.29, 0.717) is 0 Å². The van der Waals surface area contributed by atoms with E-state index in [9.17, 15) is 4.79 Å². The highest BCUT2D eigenvalue weighted by atomic mass is 79.9. The number of nitrogens with one attached hydrogen (secondary N) is 1. The molecule has 1 aliphatic heterocycles. The van der Waals surface area contributed by atoms with Crippen LogP contribution in [0.4, 0.5) is 4.79 Å². The number of methoxy groups -OCH3 is 1. The Kier molecular flexibility index (Phi) is 2.51. The van der Waals surface area contributed by atoms with E-state index < -0.39 is 0 Å². The second-order valence-electron chi connectivity index (χ2n) is 2.19. The van der Waals surface area contributed by atoms with Crippen molar-refractivity contribution in [3.8, 4) is 0 Å². The number of rotatable bonds is 1. The van der Waals surface area contributed by atoms with Crippen molar-refractivity contribution < 1.29 is 9.53 Å². The molecule has 0 bridgehead atoms. The van der Waals surface area contributed by atoms with Gasteiger partial charge in [-0.15, -0.1) is 0 Å². The maximum absolute atomic E-state index is 11.0. The molecule has 1 aliphatic rings. The van der Waals surface area contributed by atoms with Crippen LogP contribution < -0.4 is 5.32 Å². The van der Waals surface area contributed by atoms with Gasteiger partial charge in [0.15, 0.2) is 6.23 Å². The third-order valence-electron chi connectivity index (χ3n) is 1.38. The van der Waals surface area contributed by atoms with Gasteiger partial charge in [0.25, 0.3) is 0 Å². The molecule has 0 aromatic carbocycles. The predicted octanol–water partition coefficient (Wildman–Crippen LogP) is 0.850. The minimum Gasteiger partial charge on any atom is -0.357 e. The van der Waals surface area contributed by atoms with Crippen LogP contribution in [0.3, 0.4) is 0 Å². The molecule has 1 atom stereocenters. The topological polar surface area (TPSA) is 41.6 Å². The number of halogens is 1.